The molecule has 3 nitrogen and oxygen atoms in total. The second-order valence-corrected chi connectivity index (χ2v) is 5.20. The number of anilines is 1. The van der Waals surface area contributed by atoms with Crippen molar-refractivity contribution in [1.29, 1.82) is 0 Å². The molecule has 0 spiro atoms. The Morgan fingerprint density at radius 2 is 1.73 bits per heavy atom. The lowest BCUT2D eigenvalue weighted by Gasteiger charge is -2.11. The molecule has 0 saturated carbocycles. The van der Waals surface area contributed by atoms with E-state index < -0.39 is 0 Å². The molecule has 1 aromatic heterocycles. The van der Waals surface area contributed by atoms with Gasteiger partial charge < -0.3 is 10.5 Å². The summed E-state index contributed by atoms with van der Waals surface area (Å²) in [6, 6.07) is 20.2. The molecule has 0 saturated heterocycles. The lowest BCUT2D eigenvalue weighted by Crippen LogP contribution is -2.01. The Labute approximate surface area is 130 Å². The highest BCUT2D eigenvalue weighted by Gasteiger charge is 2.07. The molecule has 0 bridgehead atoms. The Kier molecular flexibility index (Phi) is 4.05. The van der Waals surface area contributed by atoms with Gasteiger partial charge in [-0.2, -0.15) is 0 Å². The molecule has 0 aliphatic heterocycles. The molecular weight excluding hydrogens is 272 g/mol. The third kappa shape index (κ3) is 3.09. The maximum atomic E-state index is 5.93. The van der Waals surface area contributed by atoms with E-state index >= 15 is 0 Å². The number of pyridine rings is 1. The fraction of sp³-hybridized carbons (Fsp3) is 0.105. The first-order chi connectivity index (χ1) is 10.7. The highest BCUT2D eigenvalue weighted by Crippen LogP contribution is 2.29. The monoisotopic (exact) mass is 290 g/mol. The Hall–Kier alpha value is -2.81. The highest BCUT2D eigenvalue weighted by atomic mass is 16.5. The second kappa shape index (κ2) is 6.31. The van der Waals surface area contributed by atoms with Crippen LogP contribution in [0.4, 0.5) is 5.82 Å². The summed E-state index contributed by atoms with van der Waals surface area (Å²) < 4.78 is 5.84. The van der Waals surface area contributed by atoms with Gasteiger partial charge in [0.05, 0.1) is 0 Å². The van der Waals surface area contributed by atoms with E-state index in [1.165, 1.54) is 5.56 Å². The van der Waals surface area contributed by atoms with E-state index in [4.69, 9.17) is 10.5 Å². The van der Waals surface area contributed by atoms with E-state index in [1.54, 1.807) is 6.20 Å². The summed E-state index contributed by atoms with van der Waals surface area (Å²) in [6.07, 6.45) is 1.78. The normalized spacial score (nSPS) is 10.4. The summed E-state index contributed by atoms with van der Waals surface area (Å²) in [4.78, 5) is 4.26. The summed E-state index contributed by atoms with van der Waals surface area (Å²) in [5.74, 6) is 1.03. The molecule has 3 heteroatoms. The Balaban J connectivity index is 1.86. The van der Waals surface area contributed by atoms with Gasteiger partial charge in [0.25, 0.3) is 0 Å². The van der Waals surface area contributed by atoms with Crippen molar-refractivity contribution < 1.29 is 4.74 Å². The van der Waals surface area contributed by atoms with Crippen LogP contribution in [-0.2, 0) is 6.61 Å². The topological polar surface area (TPSA) is 48.1 Å². The molecule has 3 aromatic rings. The van der Waals surface area contributed by atoms with Gasteiger partial charge in [0.2, 0.25) is 0 Å². The smallest absolute Gasteiger partial charge is 0.166 e. The molecule has 0 fully saturated rings. The molecule has 0 atom stereocenters. The van der Waals surface area contributed by atoms with Gasteiger partial charge in [0.1, 0.15) is 6.61 Å². The number of nitrogens with two attached hydrogens (primary N) is 1. The van der Waals surface area contributed by atoms with Gasteiger partial charge in [0, 0.05) is 11.8 Å². The average molecular weight is 290 g/mol. The molecular formula is C19H18N2O. The number of aryl methyl sites for hydroxylation is 1. The number of hydrogen-bond acceptors (Lipinski definition) is 3. The van der Waals surface area contributed by atoms with E-state index in [2.05, 4.69) is 24.0 Å². The maximum Gasteiger partial charge on any atom is 0.166 e. The molecule has 3 rings (SSSR count). The highest BCUT2D eigenvalue weighted by molar-refractivity contribution is 5.69. The van der Waals surface area contributed by atoms with Gasteiger partial charge in [-0.05, 0) is 29.7 Å². The van der Waals surface area contributed by atoms with Crippen molar-refractivity contribution in [3.8, 4) is 16.9 Å². The first-order valence-corrected chi connectivity index (χ1v) is 7.22. The van der Waals surface area contributed by atoms with E-state index in [1.807, 2.05) is 48.5 Å². The Bertz CT molecular complexity index is 769. The summed E-state index contributed by atoms with van der Waals surface area (Å²) in [5, 5.41) is 0. The maximum absolute atomic E-state index is 5.93. The fourth-order valence-electron chi connectivity index (χ4n) is 2.35. The number of nitrogens with zero attached hydrogens (tertiary/aromatic N) is 1. The molecule has 0 aliphatic carbocycles. The van der Waals surface area contributed by atoms with Crippen LogP contribution >= 0.6 is 0 Å². The third-order valence-electron chi connectivity index (χ3n) is 3.58. The Morgan fingerprint density at radius 1 is 1.00 bits per heavy atom. The molecule has 0 amide bonds. The van der Waals surface area contributed by atoms with Crippen molar-refractivity contribution in [1.82, 2.24) is 4.98 Å². The number of benzene rings is 2. The van der Waals surface area contributed by atoms with Crippen LogP contribution < -0.4 is 10.5 Å². The average Bonchev–Trinajstić information content (AvgIpc) is 2.56. The predicted molar refractivity (Wildman–Crippen MR) is 89.6 cm³/mol. The lowest BCUT2D eigenvalue weighted by atomic mass is 10.0. The number of hydrogen-bond donors (Lipinski definition) is 1. The summed E-state index contributed by atoms with van der Waals surface area (Å²) in [7, 11) is 0. The van der Waals surface area contributed by atoms with Crippen LogP contribution in [0.25, 0.3) is 11.1 Å². The molecule has 0 radical (unpaired) electrons. The van der Waals surface area contributed by atoms with Crippen LogP contribution in [0.5, 0.6) is 5.75 Å². The van der Waals surface area contributed by atoms with Crippen LogP contribution in [0.15, 0.2) is 66.9 Å². The van der Waals surface area contributed by atoms with Crippen molar-refractivity contribution in [3.63, 3.8) is 0 Å². The molecule has 2 aromatic carbocycles. The standard InChI is InChI=1S/C19H18N2O/c1-14-7-5-6-10-17(14)16-11-18(19(20)21-12-16)22-13-15-8-3-2-4-9-15/h2-12H,13H2,1H3,(H2,20,21). The summed E-state index contributed by atoms with van der Waals surface area (Å²) >= 11 is 0. The van der Waals surface area contributed by atoms with Crippen LogP contribution in [0.1, 0.15) is 11.1 Å². The van der Waals surface area contributed by atoms with Crippen molar-refractivity contribution in [2.75, 3.05) is 5.73 Å². The Morgan fingerprint density at radius 3 is 2.50 bits per heavy atom. The molecule has 22 heavy (non-hydrogen) atoms. The summed E-state index contributed by atoms with van der Waals surface area (Å²) in [6.45, 7) is 2.56. The van der Waals surface area contributed by atoms with Gasteiger partial charge >= 0.3 is 0 Å². The predicted octanol–water partition coefficient (Wildman–Crippen LogP) is 4.22. The summed E-state index contributed by atoms with van der Waals surface area (Å²) in [5.41, 5.74) is 10.4. The van der Waals surface area contributed by atoms with Crippen molar-refractivity contribution >= 4 is 5.82 Å². The van der Waals surface area contributed by atoms with Crippen LogP contribution in [0.2, 0.25) is 0 Å². The second-order valence-electron chi connectivity index (χ2n) is 5.20. The molecule has 1 heterocycles. The van der Waals surface area contributed by atoms with Crippen LogP contribution in [-0.4, -0.2) is 4.98 Å². The minimum absolute atomic E-state index is 0.410. The van der Waals surface area contributed by atoms with Gasteiger partial charge in [-0.3, -0.25) is 0 Å². The lowest BCUT2D eigenvalue weighted by molar-refractivity contribution is 0.307. The number of rotatable bonds is 4. The molecule has 110 valence electrons. The minimum Gasteiger partial charge on any atom is -0.485 e. The molecule has 0 aliphatic rings. The van der Waals surface area contributed by atoms with Gasteiger partial charge in [-0.25, -0.2) is 4.98 Å². The third-order valence-corrected chi connectivity index (χ3v) is 3.58. The van der Waals surface area contributed by atoms with Crippen LogP contribution in [0, 0.1) is 6.92 Å². The van der Waals surface area contributed by atoms with Gasteiger partial charge in [0.15, 0.2) is 11.6 Å². The van der Waals surface area contributed by atoms with Gasteiger partial charge in [-0.15, -0.1) is 0 Å². The number of nitrogen functional groups attached to an aromatic ring is 1. The molecule has 2 N–H and O–H groups in total. The number of ether oxygens (including phenoxy) is 1. The van der Waals surface area contributed by atoms with E-state index in [0.717, 1.165) is 16.7 Å². The van der Waals surface area contributed by atoms with Crippen LogP contribution in [0.3, 0.4) is 0 Å². The van der Waals surface area contributed by atoms with E-state index in [0.29, 0.717) is 18.2 Å². The number of aromatic nitrogens is 1. The zero-order chi connectivity index (χ0) is 15.4. The van der Waals surface area contributed by atoms with Gasteiger partial charge in [-0.1, -0.05) is 54.6 Å². The van der Waals surface area contributed by atoms with E-state index in [9.17, 15) is 0 Å². The first-order valence-electron chi connectivity index (χ1n) is 7.22. The van der Waals surface area contributed by atoms with Crippen molar-refractivity contribution in [3.05, 3.63) is 78.0 Å². The van der Waals surface area contributed by atoms with E-state index in [-0.39, 0.29) is 0 Å². The van der Waals surface area contributed by atoms with Crippen molar-refractivity contribution in [2.24, 2.45) is 0 Å². The fourth-order valence-corrected chi connectivity index (χ4v) is 2.35. The molecule has 0 unspecified atom stereocenters. The largest absolute Gasteiger partial charge is 0.485 e. The zero-order valence-corrected chi connectivity index (χ0v) is 12.5. The SMILES string of the molecule is Cc1ccccc1-c1cnc(N)c(OCc2ccccc2)c1. The first kappa shape index (κ1) is 14.1. The quantitative estimate of drug-likeness (QED) is 0.782. The zero-order valence-electron chi connectivity index (χ0n) is 12.5. The minimum atomic E-state index is 0.410. The van der Waals surface area contributed by atoms with Crippen molar-refractivity contribution in [2.45, 2.75) is 13.5 Å².